The van der Waals surface area contributed by atoms with Crippen LogP contribution in [0.1, 0.15) is 18.4 Å². The Morgan fingerprint density at radius 2 is 1.55 bits per heavy atom. The number of hydrogen-bond acceptors (Lipinski definition) is 5. The highest BCUT2D eigenvalue weighted by Gasteiger charge is 2.43. The topological polar surface area (TPSA) is 83.8 Å². The number of likely N-dealkylation sites (tertiary alicyclic amines) is 1. The number of nitrogens with zero attached hydrogens (tertiary/aromatic N) is 3. The number of anilines is 1. The molecule has 148 valence electrons. The predicted molar refractivity (Wildman–Crippen MR) is 99.7 cm³/mol. The van der Waals surface area contributed by atoms with Gasteiger partial charge in [0.15, 0.2) is 11.6 Å². The lowest BCUT2D eigenvalue weighted by atomic mass is 10.0. The molecule has 0 spiro atoms. The van der Waals surface area contributed by atoms with Crippen molar-refractivity contribution in [2.45, 2.75) is 12.8 Å². The molecule has 9 heteroatoms. The molecular formula is C20H15F2N3O4. The molecule has 0 saturated carbocycles. The summed E-state index contributed by atoms with van der Waals surface area (Å²) >= 11 is 0. The van der Waals surface area contributed by atoms with E-state index in [1.165, 1.54) is 24.3 Å². The van der Waals surface area contributed by atoms with Crippen LogP contribution in [-0.4, -0.2) is 34.7 Å². The van der Waals surface area contributed by atoms with Crippen LogP contribution in [0.4, 0.5) is 20.2 Å². The summed E-state index contributed by atoms with van der Waals surface area (Å²) < 4.78 is 27.0. The van der Waals surface area contributed by atoms with E-state index < -0.39 is 28.4 Å². The third kappa shape index (κ3) is 3.14. The molecule has 0 atom stereocenters. The first-order valence-corrected chi connectivity index (χ1v) is 8.96. The third-order valence-electron chi connectivity index (χ3n) is 5.01. The first-order chi connectivity index (χ1) is 13.9. The Bertz CT molecular complexity index is 1060. The minimum atomic E-state index is -1.17. The van der Waals surface area contributed by atoms with Crippen molar-refractivity contribution in [2.24, 2.45) is 0 Å². The van der Waals surface area contributed by atoms with Crippen molar-refractivity contribution in [3.05, 3.63) is 75.5 Å². The van der Waals surface area contributed by atoms with Gasteiger partial charge in [-0.15, -0.1) is 0 Å². The molecule has 0 unspecified atom stereocenters. The van der Waals surface area contributed by atoms with Gasteiger partial charge in [-0.05, 0) is 42.7 Å². The zero-order valence-corrected chi connectivity index (χ0v) is 15.1. The van der Waals surface area contributed by atoms with Gasteiger partial charge in [0.05, 0.1) is 16.2 Å². The number of imide groups is 1. The maximum atomic E-state index is 13.7. The lowest BCUT2D eigenvalue weighted by molar-refractivity contribution is -0.384. The van der Waals surface area contributed by atoms with Gasteiger partial charge < -0.3 is 4.90 Å². The van der Waals surface area contributed by atoms with E-state index in [-0.39, 0.29) is 22.6 Å². The Hall–Kier alpha value is -3.62. The maximum absolute atomic E-state index is 13.7. The van der Waals surface area contributed by atoms with Crippen LogP contribution in [0, 0.1) is 21.7 Å². The monoisotopic (exact) mass is 399 g/mol. The molecule has 2 aliphatic heterocycles. The molecule has 4 rings (SSSR count). The Labute approximate surface area is 164 Å². The van der Waals surface area contributed by atoms with E-state index in [4.69, 9.17) is 0 Å². The molecule has 29 heavy (non-hydrogen) atoms. The lowest BCUT2D eigenvalue weighted by Gasteiger charge is -2.20. The van der Waals surface area contributed by atoms with Crippen molar-refractivity contribution in [1.29, 1.82) is 0 Å². The molecule has 0 radical (unpaired) electrons. The number of carbonyl (C=O) groups excluding carboxylic acids is 2. The Morgan fingerprint density at radius 1 is 0.897 bits per heavy atom. The van der Waals surface area contributed by atoms with Gasteiger partial charge in [-0.2, -0.15) is 0 Å². The number of amides is 2. The van der Waals surface area contributed by atoms with Crippen LogP contribution < -0.4 is 4.90 Å². The molecule has 2 amide bonds. The summed E-state index contributed by atoms with van der Waals surface area (Å²) in [5.74, 6) is -3.57. The fourth-order valence-corrected chi connectivity index (χ4v) is 3.62. The Morgan fingerprint density at radius 3 is 2.14 bits per heavy atom. The average Bonchev–Trinajstić information content (AvgIpc) is 3.30. The van der Waals surface area contributed by atoms with Crippen LogP contribution >= 0.6 is 0 Å². The van der Waals surface area contributed by atoms with E-state index in [0.29, 0.717) is 18.7 Å². The standard InChI is InChI=1S/C20H15F2N3O4/c21-15-8-7-14(11-16(15)22)24-19(26)17(12-3-5-13(6-4-12)25(28)29)18(20(24)27)23-9-1-2-10-23/h3-8,11H,1-2,9-10H2. The smallest absolute Gasteiger partial charge is 0.282 e. The van der Waals surface area contributed by atoms with Gasteiger partial charge in [0, 0.05) is 31.3 Å². The predicted octanol–water partition coefficient (Wildman–Crippen LogP) is 3.25. The first kappa shape index (κ1) is 18.7. The number of benzene rings is 2. The number of nitro benzene ring substituents is 1. The van der Waals surface area contributed by atoms with Crippen molar-refractivity contribution in [2.75, 3.05) is 18.0 Å². The molecule has 2 aromatic rings. The number of non-ortho nitro benzene ring substituents is 1. The molecule has 2 heterocycles. The summed E-state index contributed by atoms with van der Waals surface area (Å²) in [5.41, 5.74) is 0.391. The van der Waals surface area contributed by atoms with Gasteiger partial charge in [-0.3, -0.25) is 19.7 Å². The maximum Gasteiger partial charge on any atom is 0.282 e. The van der Waals surface area contributed by atoms with Gasteiger partial charge in [0.2, 0.25) is 0 Å². The number of halogens is 2. The number of carbonyl (C=O) groups is 2. The lowest BCUT2D eigenvalue weighted by Crippen LogP contribution is -2.34. The van der Waals surface area contributed by atoms with E-state index in [1.807, 2.05) is 0 Å². The SMILES string of the molecule is O=C1C(c2ccc([N+](=O)[O-])cc2)=C(N2CCCC2)C(=O)N1c1ccc(F)c(F)c1. The highest BCUT2D eigenvalue weighted by Crippen LogP contribution is 2.36. The normalized spacial score (nSPS) is 16.9. The second kappa shape index (κ2) is 7.08. The fraction of sp³-hybridized carbons (Fsp3) is 0.200. The molecule has 0 bridgehead atoms. The third-order valence-corrected chi connectivity index (χ3v) is 5.01. The molecule has 0 aromatic heterocycles. The molecule has 2 aliphatic rings. The Balaban J connectivity index is 1.82. The van der Waals surface area contributed by atoms with Crippen LogP contribution in [-0.2, 0) is 9.59 Å². The fourth-order valence-electron chi connectivity index (χ4n) is 3.62. The zero-order valence-electron chi connectivity index (χ0n) is 15.1. The minimum Gasteiger partial charge on any atom is -0.366 e. The van der Waals surface area contributed by atoms with E-state index in [0.717, 1.165) is 35.9 Å². The summed E-state index contributed by atoms with van der Waals surface area (Å²) in [6, 6.07) is 8.13. The van der Waals surface area contributed by atoms with Crippen molar-refractivity contribution in [3.8, 4) is 0 Å². The molecule has 1 saturated heterocycles. The van der Waals surface area contributed by atoms with E-state index in [1.54, 1.807) is 4.90 Å². The first-order valence-electron chi connectivity index (χ1n) is 8.96. The van der Waals surface area contributed by atoms with Gasteiger partial charge in [0.25, 0.3) is 17.5 Å². The minimum absolute atomic E-state index is 0.0764. The van der Waals surface area contributed by atoms with E-state index in [2.05, 4.69) is 0 Å². The van der Waals surface area contributed by atoms with Gasteiger partial charge >= 0.3 is 0 Å². The van der Waals surface area contributed by atoms with Gasteiger partial charge in [-0.1, -0.05) is 0 Å². The highest BCUT2D eigenvalue weighted by molar-refractivity contribution is 6.45. The second-order valence-electron chi connectivity index (χ2n) is 6.77. The molecule has 7 nitrogen and oxygen atoms in total. The quantitative estimate of drug-likeness (QED) is 0.448. The van der Waals surface area contributed by atoms with Crippen LogP contribution in [0.3, 0.4) is 0 Å². The summed E-state index contributed by atoms with van der Waals surface area (Å²) in [6.07, 6.45) is 1.70. The molecular weight excluding hydrogens is 384 g/mol. The number of rotatable bonds is 4. The summed E-state index contributed by atoms with van der Waals surface area (Å²) in [5, 5.41) is 10.9. The highest BCUT2D eigenvalue weighted by atomic mass is 19.2. The second-order valence-corrected chi connectivity index (χ2v) is 6.77. The number of hydrogen-bond donors (Lipinski definition) is 0. The molecule has 0 aliphatic carbocycles. The van der Waals surface area contributed by atoms with Crippen LogP contribution in [0.25, 0.3) is 5.57 Å². The van der Waals surface area contributed by atoms with E-state index in [9.17, 15) is 28.5 Å². The average molecular weight is 399 g/mol. The largest absolute Gasteiger partial charge is 0.366 e. The van der Waals surface area contributed by atoms with Crippen LogP contribution in [0.15, 0.2) is 48.2 Å². The zero-order chi connectivity index (χ0) is 20.7. The van der Waals surface area contributed by atoms with Crippen molar-refractivity contribution < 1.29 is 23.3 Å². The van der Waals surface area contributed by atoms with Crippen LogP contribution in [0.2, 0.25) is 0 Å². The van der Waals surface area contributed by atoms with E-state index >= 15 is 0 Å². The van der Waals surface area contributed by atoms with Crippen molar-refractivity contribution in [3.63, 3.8) is 0 Å². The Kier molecular flexibility index (Phi) is 4.57. The van der Waals surface area contributed by atoms with Gasteiger partial charge in [-0.25, -0.2) is 13.7 Å². The summed E-state index contributed by atoms with van der Waals surface area (Å²) in [4.78, 5) is 39.3. The molecule has 0 N–H and O–H groups in total. The van der Waals surface area contributed by atoms with Gasteiger partial charge in [0.1, 0.15) is 5.70 Å². The van der Waals surface area contributed by atoms with Crippen molar-refractivity contribution >= 4 is 28.8 Å². The number of nitro groups is 1. The van der Waals surface area contributed by atoms with Crippen LogP contribution in [0.5, 0.6) is 0 Å². The molecule has 1 fully saturated rings. The summed E-state index contributed by atoms with van der Waals surface area (Å²) in [7, 11) is 0. The summed E-state index contributed by atoms with van der Waals surface area (Å²) in [6.45, 7) is 1.16. The molecule has 2 aromatic carbocycles. The van der Waals surface area contributed by atoms with Crippen molar-refractivity contribution in [1.82, 2.24) is 4.90 Å².